The summed E-state index contributed by atoms with van der Waals surface area (Å²) in [5.74, 6) is 0.414. The first-order chi connectivity index (χ1) is 24.4. The summed E-state index contributed by atoms with van der Waals surface area (Å²) in [4.78, 5) is 39.1. The van der Waals surface area contributed by atoms with Gasteiger partial charge in [0.2, 0.25) is 0 Å². The largest absolute Gasteiger partial charge is 0.497 e. The second-order valence-corrected chi connectivity index (χ2v) is 12.3. The Balaban J connectivity index is 1.10. The van der Waals surface area contributed by atoms with Crippen LogP contribution >= 0.6 is 0 Å². The maximum Gasteiger partial charge on any atom is 0.343 e. The number of aliphatic hydroxyl groups excluding tert-OH is 1. The van der Waals surface area contributed by atoms with Gasteiger partial charge < -0.3 is 24.1 Å². The van der Waals surface area contributed by atoms with Gasteiger partial charge in [0.1, 0.15) is 23.0 Å². The Morgan fingerprint density at radius 1 is 0.660 bits per heavy atom. The van der Waals surface area contributed by atoms with E-state index in [9.17, 15) is 19.5 Å². The van der Waals surface area contributed by atoms with Gasteiger partial charge in [-0.3, -0.25) is 0 Å². The number of hydrogen-bond acceptors (Lipinski definition) is 8. The van der Waals surface area contributed by atoms with E-state index in [2.05, 4.69) is 12.1 Å². The average Bonchev–Trinajstić information content (AvgIpc) is 3.73. The highest BCUT2D eigenvalue weighted by atomic mass is 16.5. The Morgan fingerprint density at radius 2 is 1.20 bits per heavy atom. The van der Waals surface area contributed by atoms with Crippen molar-refractivity contribution in [3.05, 3.63) is 160 Å². The zero-order valence-corrected chi connectivity index (χ0v) is 27.4. The highest BCUT2D eigenvalue weighted by Gasteiger charge is 2.48. The van der Waals surface area contributed by atoms with Crippen molar-refractivity contribution in [2.75, 3.05) is 7.11 Å². The summed E-state index contributed by atoms with van der Waals surface area (Å²) in [5, 5.41) is 9.23. The number of benzene rings is 5. The Bertz CT molecular complexity index is 2090. The number of aryl methyl sites for hydroxylation is 2. The lowest BCUT2D eigenvalue weighted by molar-refractivity contribution is -0.129. The van der Waals surface area contributed by atoms with Crippen LogP contribution in [0.5, 0.6) is 23.0 Å². The summed E-state index contributed by atoms with van der Waals surface area (Å²) < 4.78 is 22.8. The Hall–Kier alpha value is -5.99. The van der Waals surface area contributed by atoms with E-state index in [4.69, 9.17) is 18.9 Å². The number of rotatable bonds is 9. The second kappa shape index (κ2) is 13.9. The van der Waals surface area contributed by atoms with E-state index in [0.29, 0.717) is 28.2 Å². The van der Waals surface area contributed by atoms with Gasteiger partial charge in [0, 0.05) is 22.6 Å². The fourth-order valence-corrected chi connectivity index (χ4v) is 7.02. The number of hydrogen-bond donors (Lipinski definition) is 1. The van der Waals surface area contributed by atoms with Gasteiger partial charge in [-0.05, 0) is 115 Å². The zero-order chi connectivity index (χ0) is 34.7. The van der Waals surface area contributed by atoms with Gasteiger partial charge in [0.05, 0.1) is 24.8 Å². The van der Waals surface area contributed by atoms with Crippen LogP contribution in [0.4, 0.5) is 0 Å². The molecule has 0 aromatic heterocycles. The maximum absolute atomic E-state index is 13.5. The molecule has 1 atom stereocenters. The summed E-state index contributed by atoms with van der Waals surface area (Å²) in [6.45, 7) is -0.117. The molecule has 0 aliphatic heterocycles. The molecule has 5 aromatic rings. The van der Waals surface area contributed by atoms with Crippen LogP contribution < -0.4 is 18.9 Å². The minimum atomic E-state index is -0.551. The normalized spacial score (nSPS) is 15.8. The fraction of sp³-hybridized carbons (Fsp3) is 0.167. The van der Waals surface area contributed by atoms with E-state index >= 15 is 0 Å². The third kappa shape index (κ3) is 6.41. The van der Waals surface area contributed by atoms with Gasteiger partial charge >= 0.3 is 17.9 Å². The van der Waals surface area contributed by atoms with E-state index in [0.717, 1.165) is 59.3 Å². The van der Waals surface area contributed by atoms with E-state index in [1.807, 2.05) is 48.5 Å². The summed E-state index contributed by atoms with van der Waals surface area (Å²) >= 11 is 0. The quantitative estimate of drug-likeness (QED) is 0.0984. The van der Waals surface area contributed by atoms with E-state index < -0.39 is 23.3 Å². The average molecular weight is 667 g/mol. The van der Waals surface area contributed by atoms with Crippen molar-refractivity contribution in [2.24, 2.45) is 0 Å². The molecule has 5 aromatic carbocycles. The van der Waals surface area contributed by atoms with E-state index in [-0.39, 0.29) is 12.4 Å². The number of fused-ring (bicyclic) bond motifs is 4. The number of methoxy groups -OCH3 is 1. The van der Waals surface area contributed by atoms with Crippen LogP contribution in [0.25, 0.3) is 6.08 Å². The summed E-state index contributed by atoms with van der Waals surface area (Å²) in [7, 11) is 1.60. The molecular weight excluding hydrogens is 632 g/mol. The summed E-state index contributed by atoms with van der Waals surface area (Å²) in [6.07, 6.45) is 6.31. The first-order valence-corrected chi connectivity index (χ1v) is 16.4. The Labute approximate surface area is 289 Å². The second-order valence-electron chi connectivity index (χ2n) is 12.3. The van der Waals surface area contributed by atoms with Gasteiger partial charge in [-0.25, -0.2) is 14.4 Å². The lowest BCUT2D eigenvalue weighted by Gasteiger charge is -2.29. The topological polar surface area (TPSA) is 108 Å². The van der Waals surface area contributed by atoms with E-state index in [1.165, 1.54) is 6.08 Å². The molecule has 8 nitrogen and oxygen atoms in total. The maximum atomic E-state index is 13.5. The van der Waals surface area contributed by atoms with E-state index in [1.54, 1.807) is 61.7 Å². The van der Waals surface area contributed by atoms with Crippen LogP contribution in [0.3, 0.4) is 0 Å². The van der Waals surface area contributed by atoms with Crippen LogP contribution in [-0.4, -0.2) is 30.1 Å². The Morgan fingerprint density at radius 3 is 1.78 bits per heavy atom. The molecule has 2 aliphatic rings. The van der Waals surface area contributed by atoms with Crippen LogP contribution in [0.15, 0.2) is 115 Å². The highest BCUT2D eigenvalue weighted by Crippen LogP contribution is 2.57. The molecule has 0 radical (unpaired) electrons. The zero-order valence-electron chi connectivity index (χ0n) is 27.4. The summed E-state index contributed by atoms with van der Waals surface area (Å²) in [6, 6.07) is 31.6. The molecule has 0 fully saturated rings. The van der Waals surface area contributed by atoms with Crippen molar-refractivity contribution in [1.82, 2.24) is 0 Å². The molecule has 250 valence electrons. The van der Waals surface area contributed by atoms with Crippen molar-refractivity contribution < 1.29 is 38.4 Å². The smallest absolute Gasteiger partial charge is 0.343 e. The lowest BCUT2D eigenvalue weighted by Crippen LogP contribution is -2.24. The minimum absolute atomic E-state index is 0.117. The summed E-state index contributed by atoms with van der Waals surface area (Å²) in [5.41, 5.74) is 5.80. The third-order valence-corrected chi connectivity index (χ3v) is 9.44. The van der Waals surface area contributed by atoms with Gasteiger partial charge in [0.15, 0.2) is 0 Å². The number of ether oxygens (including phenoxy) is 4. The molecule has 1 N–H and O–H groups in total. The highest BCUT2D eigenvalue weighted by molar-refractivity contribution is 5.93. The first-order valence-electron chi connectivity index (χ1n) is 16.4. The molecule has 7 rings (SSSR count). The van der Waals surface area contributed by atoms with Crippen molar-refractivity contribution >= 4 is 24.0 Å². The van der Waals surface area contributed by atoms with Crippen LogP contribution in [0.2, 0.25) is 0 Å². The monoisotopic (exact) mass is 666 g/mol. The predicted octanol–water partition coefficient (Wildman–Crippen LogP) is 7.42. The molecule has 0 heterocycles. The number of esters is 3. The fourth-order valence-electron chi connectivity index (χ4n) is 7.02. The molecular formula is C42H34O8. The lowest BCUT2D eigenvalue weighted by atomic mass is 9.76. The molecule has 0 amide bonds. The number of aliphatic hydroxyl groups is 1. The van der Waals surface area contributed by atoms with Crippen molar-refractivity contribution in [2.45, 2.75) is 37.7 Å². The molecule has 50 heavy (non-hydrogen) atoms. The van der Waals surface area contributed by atoms with Crippen LogP contribution in [-0.2, 0) is 29.7 Å². The van der Waals surface area contributed by atoms with Crippen LogP contribution in [0.1, 0.15) is 66.9 Å². The van der Waals surface area contributed by atoms with Gasteiger partial charge in [-0.1, -0.05) is 48.5 Å². The van der Waals surface area contributed by atoms with Gasteiger partial charge in [0.25, 0.3) is 0 Å². The molecule has 1 spiro atoms. The molecule has 2 aliphatic carbocycles. The SMILES string of the molecule is COc1ccc(/C=C/C(=O)Oc2cccc3c2[C@]2(CC3)CCc3cccc(OC(=O)c4ccc(OC(=O)c5ccc(CO)cc5)cc4)c32)cc1. The van der Waals surface area contributed by atoms with Crippen LogP contribution in [0, 0.1) is 0 Å². The van der Waals surface area contributed by atoms with Crippen molar-refractivity contribution in [3.63, 3.8) is 0 Å². The Kier molecular flexibility index (Phi) is 9.02. The first kappa shape index (κ1) is 32.6. The van der Waals surface area contributed by atoms with Crippen molar-refractivity contribution in [1.29, 1.82) is 0 Å². The molecule has 8 heteroatoms. The van der Waals surface area contributed by atoms with Crippen molar-refractivity contribution in [3.8, 4) is 23.0 Å². The molecule has 0 bridgehead atoms. The minimum Gasteiger partial charge on any atom is -0.497 e. The predicted molar refractivity (Wildman–Crippen MR) is 187 cm³/mol. The molecule has 0 saturated heterocycles. The van der Waals surface area contributed by atoms with Gasteiger partial charge in [-0.15, -0.1) is 0 Å². The number of carbonyl (C=O) groups excluding carboxylic acids is 3. The standard InChI is InChI=1S/C42H34O8/c1-47-33-17-10-27(11-18-33)12-21-37(44)49-35-6-2-4-29-22-24-42(38(29)35)25-23-30-5-3-7-36(39(30)42)50-41(46)32-15-19-34(20-16-32)48-40(45)31-13-8-28(26-43)9-14-31/h2-21,43H,22-26H2,1H3/b21-12+/t42-/m0/s1. The molecule has 0 unspecified atom stereocenters. The van der Waals surface area contributed by atoms with Gasteiger partial charge in [-0.2, -0.15) is 0 Å². The molecule has 0 saturated carbocycles. The number of carbonyl (C=O) groups is 3. The third-order valence-electron chi connectivity index (χ3n) is 9.44.